The molecule has 3 aromatic heterocycles. The van der Waals surface area contributed by atoms with E-state index in [9.17, 15) is 0 Å². The molecule has 10 rings (SSSR count). The Morgan fingerprint density at radius 1 is 0.312 bits per heavy atom. The number of para-hydroxylation sites is 3. The number of furan rings is 2. The van der Waals surface area contributed by atoms with Crippen molar-refractivity contribution in [3.8, 4) is 45.3 Å². The Hall–Kier alpha value is -6.59. The molecule has 224 valence electrons. The summed E-state index contributed by atoms with van der Waals surface area (Å²) in [5.41, 5.74) is 8.13. The highest BCUT2D eigenvalue weighted by Gasteiger charge is 2.21. The van der Waals surface area contributed by atoms with E-state index in [1.807, 2.05) is 84.9 Å². The van der Waals surface area contributed by atoms with Crippen LogP contribution in [0.4, 0.5) is 0 Å². The molecule has 0 atom stereocenters. The number of hydrogen-bond donors (Lipinski definition) is 0. The van der Waals surface area contributed by atoms with Crippen LogP contribution >= 0.6 is 0 Å². The van der Waals surface area contributed by atoms with E-state index in [0.717, 1.165) is 82.5 Å². The predicted molar refractivity (Wildman–Crippen MR) is 194 cm³/mol. The zero-order chi connectivity index (χ0) is 31.6. The van der Waals surface area contributed by atoms with Gasteiger partial charge in [0.15, 0.2) is 17.5 Å². The van der Waals surface area contributed by atoms with Crippen LogP contribution in [0.25, 0.3) is 99.9 Å². The van der Waals surface area contributed by atoms with Gasteiger partial charge in [-0.1, -0.05) is 115 Å². The molecule has 0 N–H and O–H groups in total. The van der Waals surface area contributed by atoms with Crippen molar-refractivity contribution in [3.63, 3.8) is 0 Å². The van der Waals surface area contributed by atoms with Crippen LogP contribution in [0.15, 0.2) is 160 Å². The molecule has 0 aliphatic carbocycles. The van der Waals surface area contributed by atoms with Gasteiger partial charge in [0, 0.05) is 38.1 Å². The lowest BCUT2D eigenvalue weighted by Crippen LogP contribution is -2.01. The van der Waals surface area contributed by atoms with Gasteiger partial charge in [-0.05, 0) is 52.9 Å². The topological polar surface area (TPSA) is 65.0 Å². The van der Waals surface area contributed by atoms with Crippen LogP contribution in [0.1, 0.15) is 0 Å². The Bertz CT molecular complexity index is 2840. The zero-order valence-electron chi connectivity index (χ0n) is 25.6. The van der Waals surface area contributed by atoms with Crippen molar-refractivity contribution in [2.75, 3.05) is 0 Å². The molecule has 5 heteroatoms. The molecule has 0 amide bonds. The van der Waals surface area contributed by atoms with Crippen LogP contribution in [0.5, 0.6) is 0 Å². The Kier molecular flexibility index (Phi) is 5.81. The molecule has 0 fully saturated rings. The van der Waals surface area contributed by atoms with E-state index in [2.05, 4.69) is 66.7 Å². The first kappa shape index (κ1) is 26.6. The number of fused-ring (bicyclic) bond motifs is 8. The molecule has 0 saturated carbocycles. The average Bonchev–Trinajstić information content (AvgIpc) is 3.73. The minimum absolute atomic E-state index is 0.549. The second-order valence-corrected chi connectivity index (χ2v) is 12.0. The maximum Gasteiger partial charge on any atom is 0.167 e. The Morgan fingerprint density at radius 2 is 0.875 bits per heavy atom. The lowest BCUT2D eigenvalue weighted by Gasteiger charge is -2.12. The van der Waals surface area contributed by atoms with E-state index in [1.54, 1.807) is 0 Å². The Balaban J connectivity index is 1.30. The Morgan fingerprint density at radius 3 is 1.62 bits per heavy atom. The minimum Gasteiger partial charge on any atom is -0.455 e. The van der Waals surface area contributed by atoms with Gasteiger partial charge in [0.25, 0.3) is 0 Å². The molecule has 5 nitrogen and oxygen atoms in total. The fourth-order valence-corrected chi connectivity index (χ4v) is 6.85. The number of nitrogens with zero attached hydrogens (tertiary/aromatic N) is 3. The number of hydrogen-bond acceptors (Lipinski definition) is 5. The quantitative estimate of drug-likeness (QED) is 0.197. The lowest BCUT2D eigenvalue weighted by molar-refractivity contribution is 0.669. The minimum atomic E-state index is 0.549. The highest BCUT2D eigenvalue weighted by Crippen LogP contribution is 2.42. The van der Waals surface area contributed by atoms with E-state index in [4.69, 9.17) is 23.8 Å². The van der Waals surface area contributed by atoms with Gasteiger partial charge in [0.1, 0.15) is 22.3 Å². The second-order valence-electron chi connectivity index (χ2n) is 12.0. The van der Waals surface area contributed by atoms with Crippen LogP contribution in [-0.2, 0) is 0 Å². The zero-order valence-corrected chi connectivity index (χ0v) is 25.6. The normalized spacial score (nSPS) is 11.8. The SMILES string of the molecule is c1ccc(-c2ccc3c(c2)c(-c2nc(-c4ccccc4)nc(-c4cccc5c4oc4ccccc45)n2)cc2c4ccccc4oc32)cc1. The first-order valence-electron chi connectivity index (χ1n) is 15.9. The fraction of sp³-hybridized carbons (Fsp3) is 0. The monoisotopic (exact) mass is 615 g/mol. The van der Waals surface area contributed by atoms with Crippen molar-refractivity contribution in [3.05, 3.63) is 152 Å². The molecule has 0 aliphatic rings. The van der Waals surface area contributed by atoms with Gasteiger partial charge in [-0.15, -0.1) is 0 Å². The second kappa shape index (κ2) is 10.5. The maximum atomic E-state index is 6.50. The summed E-state index contributed by atoms with van der Waals surface area (Å²) in [6, 6.07) is 51.6. The smallest absolute Gasteiger partial charge is 0.167 e. The van der Waals surface area contributed by atoms with Gasteiger partial charge in [-0.3, -0.25) is 0 Å². The van der Waals surface area contributed by atoms with Gasteiger partial charge in [-0.2, -0.15) is 0 Å². The van der Waals surface area contributed by atoms with Crippen LogP contribution in [0, 0.1) is 0 Å². The fourth-order valence-electron chi connectivity index (χ4n) is 6.85. The van der Waals surface area contributed by atoms with Crippen LogP contribution in [-0.4, -0.2) is 15.0 Å². The molecule has 3 heterocycles. The van der Waals surface area contributed by atoms with Gasteiger partial charge in [-0.25, -0.2) is 15.0 Å². The van der Waals surface area contributed by atoms with Gasteiger partial charge in [0.2, 0.25) is 0 Å². The predicted octanol–water partition coefficient (Wildman–Crippen LogP) is 11.5. The van der Waals surface area contributed by atoms with E-state index in [1.165, 1.54) is 0 Å². The average molecular weight is 616 g/mol. The summed E-state index contributed by atoms with van der Waals surface area (Å²) in [7, 11) is 0. The van der Waals surface area contributed by atoms with Crippen LogP contribution < -0.4 is 0 Å². The summed E-state index contributed by atoms with van der Waals surface area (Å²) >= 11 is 0. The van der Waals surface area contributed by atoms with Crippen LogP contribution in [0.3, 0.4) is 0 Å². The van der Waals surface area contributed by atoms with Gasteiger partial charge >= 0.3 is 0 Å². The summed E-state index contributed by atoms with van der Waals surface area (Å²) in [4.78, 5) is 15.5. The molecule has 0 spiro atoms. The summed E-state index contributed by atoms with van der Waals surface area (Å²) in [6.07, 6.45) is 0. The van der Waals surface area contributed by atoms with Crippen LogP contribution in [0.2, 0.25) is 0 Å². The number of rotatable bonds is 4. The molecular formula is C43H25N3O2. The van der Waals surface area contributed by atoms with E-state index < -0.39 is 0 Å². The van der Waals surface area contributed by atoms with Crippen molar-refractivity contribution in [2.45, 2.75) is 0 Å². The summed E-state index contributed by atoms with van der Waals surface area (Å²) in [6.45, 7) is 0. The van der Waals surface area contributed by atoms with Crippen molar-refractivity contribution in [1.29, 1.82) is 0 Å². The highest BCUT2D eigenvalue weighted by atomic mass is 16.3. The summed E-state index contributed by atoms with van der Waals surface area (Å²) in [5, 5.41) is 6.15. The molecule has 7 aromatic carbocycles. The standard InChI is InChI=1S/C43H25N3O2/c1-3-12-26(13-4-1)28-22-23-32-34(24-28)36(25-35-30-17-8-10-21-38(30)48-40(32)35)43-45-41(27-14-5-2-6-15-27)44-42(46-43)33-19-11-18-31-29-16-7-9-20-37(29)47-39(31)33/h1-25H. The molecule has 0 aliphatic heterocycles. The number of benzene rings is 7. The third-order valence-electron chi connectivity index (χ3n) is 9.14. The van der Waals surface area contributed by atoms with Crippen molar-refractivity contribution in [2.24, 2.45) is 0 Å². The molecule has 48 heavy (non-hydrogen) atoms. The van der Waals surface area contributed by atoms with Gasteiger partial charge in [0.05, 0.1) is 5.56 Å². The van der Waals surface area contributed by atoms with Crippen molar-refractivity contribution in [1.82, 2.24) is 15.0 Å². The molecule has 0 bridgehead atoms. The summed E-state index contributed by atoms with van der Waals surface area (Å²) < 4.78 is 12.9. The third-order valence-corrected chi connectivity index (χ3v) is 9.14. The van der Waals surface area contributed by atoms with Crippen molar-refractivity contribution >= 4 is 54.6 Å². The van der Waals surface area contributed by atoms with E-state index in [0.29, 0.717) is 17.5 Å². The Labute approximate surface area is 274 Å². The lowest BCUT2D eigenvalue weighted by atomic mass is 9.95. The van der Waals surface area contributed by atoms with Gasteiger partial charge < -0.3 is 8.83 Å². The molecule has 0 saturated heterocycles. The third kappa shape index (κ3) is 4.15. The molecule has 10 aromatic rings. The summed E-state index contributed by atoms with van der Waals surface area (Å²) in [5.74, 6) is 1.72. The van der Waals surface area contributed by atoms with Crippen molar-refractivity contribution < 1.29 is 8.83 Å². The highest BCUT2D eigenvalue weighted by molar-refractivity contribution is 6.19. The van der Waals surface area contributed by atoms with E-state index >= 15 is 0 Å². The van der Waals surface area contributed by atoms with E-state index in [-0.39, 0.29) is 0 Å². The number of aromatic nitrogens is 3. The largest absolute Gasteiger partial charge is 0.455 e. The first-order valence-corrected chi connectivity index (χ1v) is 15.9. The first-order chi connectivity index (χ1) is 23.8. The maximum absolute atomic E-state index is 6.50. The molecule has 0 unspecified atom stereocenters. The molecular weight excluding hydrogens is 590 g/mol. The molecule has 0 radical (unpaired) electrons.